The van der Waals surface area contributed by atoms with Gasteiger partial charge in [0.2, 0.25) is 5.91 Å². The predicted octanol–water partition coefficient (Wildman–Crippen LogP) is 1.93. The summed E-state index contributed by atoms with van der Waals surface area (Å²) in [6.45, 7) is 2.36. The lowest BCUT2D eigenvalue weighted by Gasteiger charge is -2.10. The maximum absolute atomic E-state index is 13.6. The van der Waals surface area contributed by atoms with Crippen LogP contribution in [0.25, 0.3) is 0 Å². The van der Waals surface area contributed by atoms with Crippen molar-refractivity contribution in [1.29, 1.82) is 0 Å². The monoisotopic (exact) mass is 229 g/mol. The first kappa shape index (κ1) is 12.1. The lowest BCUT2D eigenvalue weighted by atomic mass is 10.1. The minimum atomic E-state index is -1.59. The van der Waals surface area contributed by atoms with E-state index in [0.29, 0.717) is 6.07 Å². The van der Waals surface area contributed by atoms with E-state index in [4.69, 9.17) is 5.11 Å². The Hall–Kier alpha value is -1.98. The smallest absolute Gasteiger partial charge is 0.338 e. The quantitative estimate of drug-likeness (QED) is 0.814. The molecule has 0 aliphatic rings. The van der Waals surface area contributed by atoms with E-state index in [1.165, 1.54) is 6.92 Å². The zero-order chi connectivity index (χ0) is 12.5. The molecular weight excluding hydrogens is 220 g/mol. The third-order valence-electron chi connectivity index (χ3n) is 1.99. The molecule has 4 nitrogen and oxygen atoms in total. The fraction of sp³-hybridized carbons (Fsp3) is 0.200. The summed E-state index contributed by atoms with van der Waals surface area (Å²) in [5, 5.41) is 10.7. The number of anilines is 1. The molecule has 1 rings (SSSR count). The molecule has 0 atom stereocenters. The average molecular weight is 229 g/mol. The molecule has 2 N–H and O–H groups in total. The molecule has 1 aromatic rings. The van der Waals surface area contributed by atoms with Gasteiger partial charge in [-0.3, -0.25) is 4.79 Å². The second-order valence-electron chi connectivity index (χ2n) is 3.21. The van der Waals surface area contributed by atoms with E-state index in [9.17, 15) is 18.4 Å². The Bertz CT molecular complexity index is 472. The number of carbonyl (C=O) groups excluding carboxylic acids is 1. The maximum Gasteiger partial charge on any atom is 0.338 e. The van der Waals surface area contributed by atoms with Crippen molar-refractivity contribution in [2.24, 2.45) is 0 Å². The van der Waals surface area contributed by atoms with Crippen molar-refractivity contribution >= 4 is 17.6 Å². The molecule has 0 heterocycles. The Morgan fingerprint density at radius 2 is 1.94 bits per heavy atom. The Labute approximate surface area is 89.9 Å². The fourth-order valence-corrected chi connectivity index (χ4v) is 1.20. The number of hydrogen-bond acceptors (Lipinski definition) is 2. The van der Waals surface area contributed by atoms with Crippen LogP contribution in [-0.2, 0) is 4.79 Å². The van der Waals surface area contributed by atoms with Crippen LogP contribution >= 0.6 is 0 Å². The van der Waals surface area contributed by atoms with Crippen molar-refractivity contribution in [2.45, 2.75) is 13.8 Å². The summed E-state index contributed by atoms with van der Waals surface area (Å²) in [6, 6.07) is 0.582. The second-order valence-corrected chi connectivity index (χ2v) is 3.21. The maximum atomic E-state index is 13.6. The van der Waals surface area contributed by atoms with Gasteiger partial charge in [0.25, 0.3) is 0 Å². The Balaban J connectivity index is 3.45. The fourth-order valence-electron chi connectivity index (χ4n) is 1.20. The van der Waals surface area contributed by atoms with Crippen molar-refractivity contribution < 1.29 is 23.5 Å². The van der Waals surface area contributed by atoms with Crippen molar-refractivity contribution in [3.05, 3.63) is 28.8 Å². The van der Waals surface area contributed by atoms with Crippen LogP contribution in [0.2, 0.25) is 0 Å². The molecule has 0 aliphatic carbocycles. The number of amides is 1. The number of nitrogens with one attached hydrogen (secondary N) is 1. The summed E-state index contributed by atoms with van der Waals surface area (Å²) in [7, 11) is 0. The highest BCUT2D eigenvalue weighted by Gasteiger charge is 2.20. The first-order chi connectivity index (χ1) is 7.34. The molecular formula is C10H9F2NO3. The number of halogens is 2. The van der Waals surface area contributed by atoms with Crippen LogP contribution in [0.15, 0.2) is 6.07 Å². The largest absolute Gasteiger partial charge is 0.478 e. The Morgan fingerprint density at radius 1 is 1.38 bits per heavy atom. The lowest BCUT2D eigenvalue weighted by molar-refractivity contribution is -0.114. The molecule has 0 aliphatic heterocycles. The van der Waals surface area contributed by atoms with E-state index < -0.39 is 34.8 Å². The van der Waals surface area contributed by atoms with Gasteiger partial charge < -0.3 is 10.4 Å². The predicted molar refractivity (Wildman–Crippen MR) is 52.4 cm³/mol. The van der Waals surface area contributed by atoms with E-state index in [0.717, 1.165) is 6.92 Å². The van der Waals surface area contributed by atoms with Gasteiger partial charge in [0.15, 0.2) is 5.82 Å². The van der Waals surface area contributed by atoms with Gasteiger partial charge in [-0.05, 0) is 13.0 Å². The van der Waals surface area contributed by atoms with Crippen molar-refractivity contribution in [3.63, 3.8) is 0 Å². The summed E-state index contributed by atoms with van der Waals surface area (Å²) < 4.78 is 26.8. The highest BCUT2D eigenvalue weighted by molar-refractivity contribution is 5.94. The number of hydrogen-bond donors (Lipinski definition) is 2. The molecule has 0 saturated heterocycles. The van der Waals surface area contributed by atoms with Crippen LogP contribution in [0.3, 0.4) is 0 Å². The van der Waals surface area contributed by atoms with Crippen molar-refractivity contribution in [3.8, 4) is 0 Å². The second kappa shape index (κ2) is 4.26. The molecule has 0 bridgehead atoms. The molecule has 0 saturated carbocycles. The van der Waals surface area contributed by atoms with E-state index in [1.54, 1.807) is 0 Å². The van der Waals surface area contributed by atoms with E-state index in [1.807, 2.05) is 0 Å². The van der Waals surface area contributed by atoms with Crippen LogP contribution in [0.4, 0.5) is 14.5 Å². The summed E-state index contributed by atoms with van der Waals surface area (Å²) in [4.78, 5) is 21.4. The SMILES string of the molecule is CC(=O)Nc1c(C)c(F)cc(C(=O)O)c1F. The first-order valence-corrected chi connectivity index (χ1v) is 4.34. The molecule has 86 valence electrons. The number of carbonyl (C=O) groups is 2. The number of carboxylic acid groups (broad SMARTS) is 1. The number of benzene rings is 1. The van der Waals surface area contributed by atoms with Gasteiger partial charge in [-0.15, -0.1) is 0 Å². The van der Waals surface area contributed by atoms with Gasteiger partial charge in [0.05, 0.1) is 5.69 Å². The van der Waals surface area contributed by atoms with Gasteiger partial charge in [-0.2, -0.15) is 0 Å². The molecule has 0 aromatic heterocycles. The normalized spacial score (nSPS) is 10.0. The van der Waals surface area contributed by atoms with Crippen molar-refractivity contribution in [1.82, 2.24) is 0 Å². The molecule has 0 unspecified atom stereocenters. The van der Waals surface area contributed by atoms with Crippen LogP contribution in [0, 0.1) is 18.6 Å². The zero-order valence-corrected chi connectivity index (χ0v) is 8.60. The van der Waals surface area contributed by atoms with E-state index in [-0.39, 0.29) is 5.56 Å². The summed E-state index contributed by atoms with van der Waals surface area (Å²) in [5.41, 5.74) is -1.39. The molecule has 1 amide bonds. The number of rotatable bonds is 2. The molecule has 16 heavy (non-hydrogen) atoms. The van der Waals surface area contributed by atoms with Gasteiger partial charge in [-0.25, -0.2) is 13.6 Å². The Kier molecular flexibility index (Phi) is 3.22. The van der Waals surface area contributed by atoms with Crippen LogP contribution in [0.5, 0.6) is 0 Å². The van der Waals surface area contributed by atoms with Gasteiger partial charge in [0, 0.05) is 12.5 Å². The lowest BCUT2D eigenvalue weighted by Crippen LogP contribution is -2.13. The van der Waals surface area contributed by atoms with Gasteiger partial charge >= 0.3 is 5.97 Å². The van der Waals surface area contributed by atoms with Gasteiger partial charge in [0.1, 0.15) is 11.4 Å². The molecule has 6 heteroatoms. The minimum Gasteiger partial charge on any atom is -0.478 e. The summed E-state index contributed by atoms with van der Waals surface area (Å²) in [5.74, 6) is -4.24. The molecule has 0 spiro atoms. The van der Waals surface area contributed by atoms with Crippen molar-refractivity contribution in [2.75, 3.05) is 5.32 Å². The summed E-state index contributed by atoms with van der Waals surface area (Å²) in [6.07, 6.45) is 0. The number of carboxylic acids is 1. The highest BCUT2D eigenvalue weighted by Crippen LogP contribution is 2.25. The molecule has 0 fully saturated rings. The van der Waals surface area contributed by atoms with Crippen LogP contribution < -0.4 is 5.32 Å². The zero-order valence-electron chi connectivity index (χ0n) is 8.60. The topological polar surface area (TPSA) is 66.4 Å². The van der Waals surface area contributed by atoms with Crippen LogP contribution in [0.1, 0.15) is 22.8 Å². The van der Waals surface area contributed by atoms with Gasteiger partial charge in [-0.1, -0.05) is 0 Å². The average Bonchev–Trinajstić information content (AvgIpc) is 2.17. The first-order valence-electron chi connectivity index (χ1n) is 4.34. The summed E-state index contributed by atoms with van der Waals surface area (Å²) >= 11 is 0. The van der Waals surface area contributed by atoms with E-state index >= 15 is 0 Å². The minimum absolute atomic E-state index is 0.141. The standard InChI is InChI=1S/C10H9F2NO3/c1-4-7(11)3-6(10(15)16)8(12)9(4)13-5(2)14/h3H,1-2H3,(H,13,14)(H,15,16). The highest BCUT2D eigenvalue weighted by atomic mass is 19.1. The van der Waals surface area contributed by atoms with Crippen LogP contribution in [-0.4, -0.2) is 17.0 Å². The third-order valence-corrected chi connectivity index (χ3v) is 1.99. The number of aromatic carboxylic acids is 1. The molecule has 1 aromatic carbocycles. The Morgan fingerprint density at radius 3 is 2.38 bits per heavy atom. The third kappa shape index (κ3) is 2.16. The van der Waals surface area contributed by atoms with E-state index in [2.05, 4.69) is 5.32 Å². The molecule has 0 radical (unpaired) electrons.